The maximum Gasteiger partial charge on any atom is 0.220 e. The highest BCUT2D eigenvalue weighted by molar-refractivity contribution is 7.97. The molecule has 0 aliphatic carbocycles. The molecule has 3 aromatic carbocycles. The van der Waals surface area contributed by atoms with Crippen molar-refractivity contribution < 1.29 is 4.79 Å². The second-order valence-electron chi connectivity index (χ2n) is 8.34. The first kappa shape index (κ1) is 28.9. The maximum atomic E-state index is 13.2. The minimum absolute atomic E-state index is 0. The van der Waals surface area contributed by atoms with Gasteiger partial charge in [0.1, 0.15) is 0 Å². The highest BCUT2D eigenvalue weighted by atomic mass is 32.2. The summed E-state index contributed by atoms with van der Waals surface area (Å²) in [5, 5.41) is 3.33. The molecule has 2 unspecified atom stereocenters. The number of hydrogen-bond acceptors (Lipinski definition) is 3. The van der Waals surface area contributed by atoms with Crippen LogP contribution < -0.4 is 10.0 Å². The van der Waals surface area contributed by atoms with E-state index >= 15 is 0 Å². The third-order valence-corrected chi connectivity index (χ3v) is 6.63. The molecule has 3 rings (SSSR count). The normalized spacial score (nSPS) is 13.0. The molecule has 3 aromatic rings. The molecule has 2 atom stereocenters. The number of carbonyl (C=O) groups is 1. The van der Waals surface area contributed by atoms with Crippen LogP contribution in [0.25, 0.3) is 0 Å². The Morgan fingerprint density at radius 2 is 1.47 bits per heavy atom. The second kappa shape index (κ2) is 15.6. The molecular formula is C32H38N2OS. The number of nitrogens with one attached hydrogen (secondary N) is 2. The molecule has 0 saturated heterocycles. The maximum absolute atomic E-state index is 13.2. The lowest BCUT2D eigenvalue weighted by Gasteiger charge is -2.30. The summed E-state index contributed by atoms with van der Waals surface area (Å²) in [4.78, 5) is 14.3. The molecule has 0 heterocycles. The van der Waals surface area contributed by atoms with Crippen molar-refractivity contribution in [3.8, 4) is 0 Å². The standard InChI is InChI=1S/C31H34N2OS.CH4/c1-4-6-13-25(5-2)20-23-29(34)32-30(26-14-9-7-10-15-26)31(27-16-11-8-12-17-27)33-35-28-21-18-24(3)19-22-28;/h4-19,21-22,30-31,33H,1,20,23H2,2-3H3,(H,32,34);1H4/b13-6-,25-5+;. The van der Waals surface area contributed by atoms with E-state index in [0.29, 0.717) is 12.8 Å². The Bertz CT molecular complexity index is 1120. The monoisotopic (exact) mass is 498 g/mol. The Morgan fingerprint density at radius 1 is 0.889 bits per heavy atom. The van der Waals surface area contributed by atoms with Gasteiger partial charge in [-0.05, 0) is 55.5 Å². The van der Waals surface area contributed by atoms with E-state index in [0.717, 1.165) is 21.6 Å². The van der Waals surface area contributed by atoms with Crippen LogP contribution in [-0.4, -0.2) is 5.91 Å². The quantitative estimate of drug-likeness (QED) is 0.195. The predicted molar refractivity (Wildman–Crippen MR) is 156 cm³/mol. The summed E-state index contributed by atoms with van der Waals surface area (Å²) in [6.07, 6.45) is 8.78. The number of rotatable bonds is 12. The van der Waals surface area contributed by atoms with E-state index in [1.807, 2.05) is 61.5 Å². The van der Waals surface area contributed by atoms with Gasteiger partial charge in [0.15, 0.2) is 0 Å². The Labute approximate surface area is 221 Å². The van der Waals surface area contributed by atoms with Crippen molar-refractivity contribution >= 4 is 17.9 Å². The van der Waals surface area contributed by atoms with Crippen LogP contribution in [0.3, 0.4) is 0 Å². The minimum atomic E-state index is -0.234. The molecule has 0 radical (unpaired) electrons. The lowest BCUT2D eigenvalue weighted by Crippen LogP contribution is -2.36. The van der Waals surface area contributed by atoms with E-state index in [4.69, 9.17) is 0 Å². The molecule has 36 heavy (non-hydrogen) atoms. The predicted octanol–water partition coefficient (Wildman–Crippen LogP) is 8.30. The first-order chi connectivity index (χ1) is 17.1. The molecule has 188 valence electrons. The van der Waals surface area contributed by atoms with Crippen LogP contribution in [0.5, 0.6) is 0 Å². The average molecular weight is 499 g/mol. The number of hydrogen-bond donors (Lipinski definition) is 2. The summed E-state index contributed by atoms with van der Waals surface area (Å²) >= 11 is 1.58. The zero-order valence-corrected chi connectivity index (χ0v) is 21.3. The highest BCUT2D eigenvalue weighted by Crippen LogP contribution is 2.32. The highest BCUT2D eigenvalue weighted by Gasteiger charge is 2.26. The first-order valence-corrected chi connectivity index (χ1v) is 12.7. The Kier molecular flexibility index (Phi) is 12.5. The zero-order chi connectivity index (χ0) is 24.9. The molecule has 1 amide bonds. The van der Waals surface area contributed by atoms with Crippen molar-refractivity contribution in [2.45, 2.75) is 51.1 Å². The largest absolute Gasteiger partial charge is 0.347 e. The molecule has 0 saturated carbocycles. The van der Waals surface area contributed by atoms with Crippen LogP contribution in [0.15, 0.2) is 126 Å². The average Bonchev–Trinajstić information content (AvgIpc) is 2.90. The smallest absolute Gasteiger partial charge is 0.220 e. The summed E-state index contributed by atoms with van der Waals surface area (Å²) in [5.41, 5.74) is 4.52. The van der Waals surface area contributed by atoms with Gasteiger partial charge in [-0.1, -0.05) is 122 Å². The van der Waals surface area contributed by atoms with Gasteiger partial charge in [-0.25, -0.2) is 4.72 Å². The van der Waals surface area contributed by atoms with Gasteiger partial charge in [0.25, 0.3) is 0 Å². The first-order valence-electron chi connectivity index (χ1n) is 11.9. The third-order valence-electron chi connectivity index (χ3n) is 5.75. The number of aryl methyl sites for hydroxylation is 1. The van der Waals surface area contributed by atoms with Crippen LogP contribution in [0.1, 0.15) is 56.0 Å². The van der Waals surface area contributed by atoms with Crippen LogP contribution in [0.2, 0.25) is 0 Å². The molecular weight excluding hydrogens is 460 g/mol. The summed E-state index contributed by atoms with van der Waals surface area (Å²) < 4.78 is 3.65. The van der Waals surface area contributed by atoms with Crippen molar-refractivity contribution in [1.29, 1.82) is 0 Å². The van der Waals surface area contributed by atoms with Crippen LogP contribution in [0.4, 0.5) is 0 Å². The van der Waals surface area contributed by atoms with E-state index in [9.17, 15) is 4.79 Å². The minimum Gasteiger partial charge on any atom is -0.347 e. The van der Waals surface area contributed by atoms with Crippen molar-refractivity contribution in [3.05, 3.63) is 138 Å². The fourth-order valence-corrected chi connectivity index (χ4v) is 4.57. The van der Waals surface area contributed by atoms with Gasteiger partial charge in [0.05, 0.1) is 12.1 Å². The fourth-order valence-electron chi connectivity index (χ4n) is 3.77. The van der Waals surface area contributed by atoms with Crippen molar-refractivity contribution in [3.63, 3.8) is 0 Å². The lowest BCUT2D eigenvalue weighted by atomic mass is 9.93. The molecule has 0 spiro atoms. The lowest BCUT2D eigenvalue weighted by molar-refractivity contribution is -0.122. The summed E-state index contributed by atoms with van der Waals surface area (Å²) in [7, 11) is 0. The van der Waals surface area contributed by atoms with Gasteiger partial charge in [-0.2, -0.15) is 0 Å². The Balaban J connectivity index is 0.00000456. The molecule has 3 nitrogen and oxygen atoms in total. The Morgan fingerprint density at radius 3 is 2.03 bits per heavy atom. The number of allylic oxidation sites excluding steroid dienone is 5. The van der Waals surface area contributed by atoms with E-state index in [-0.39, 0.29) is 25.4 Å². The van der Waals surface area contributed by atoms with Crippen LogP contribution in [0, 0.1) is 6.92 Å². The van der Waals surface area contributed by atoms with E-state index < -0.39 is 0 Å². The third kappa shape index (κ3) is 9.03. The van der Waals surface area contributed by atoms with E-state index in [1.165, 1.54) is 5.56 Å². The van der Waals surface area contributed by atoms with Crippen LogP contribution >= 0.6 is 11.9 Å². The van der Waals surface area contributed by atoms with Crippen molar-refractivity contribution in [2.24, 2.45) is 0 Å². The van der Waals surface area contributed by atoms with Gasteiger partial charge in [0.2, 0.25) is 5.91 Å². The van der Waals surface area contributed by atoms with Gasteiger partial charge in [0, 0.05) is 11.3 Å². The molecule has 4 heteroatoms. The zero-order valence-electron chi connectivity index (χ0n) is 20.5. The van der Waals surface area contributed by atoms with Gasteiger partial charge in [-0.3, -0.25) is 4.79 Å². The van der Waals surface area contributed by atoms with E-state index in [1.54, 1.807) is 18.0 Å². The molecule has 0 aliphatic heterocycles. The number of amides is 1. The molecule has 0 bridgehead atoms. The molecule has 0 aliphatic rings. The van der Waals surface area contributed by atoms with Gasteiger partial charge >= 0.3 is 0 Å². The Hall–Kier alpha value is -3.34. The topological polar surface area (TPSA) is 41.1 Å². The molecule has 0 aromatic heterocycles. The second-order valence-corrected chi connectivity index (χ2v) is 9.25. The van der Waals surface area contributed by atoms with Gasteiger partial charge < -0.3 is 5.32 Å². The summed E-state index contributed by atoms with van der Waals surface area (Å²) in [6.45, 7) is 7.80. The summed E-state index contributed by atoms with van der Waals surface area (Å²) in [5.74, 6) is 0.0215. The number of benzene rings is 3. The van der Waals surface area contributed by atoms with Crippen molar-refractivity contribution in [2.75, 3.05) is 0 Å². The van der Waals surface area contributed by atoms with Crippen LogP contribution in [-0.2, 0) is 4.79 Å². The summed E-state index contributed by atoms with van der Waals surface area (Å²) in [6, 6.07) is 28.5. The van der Waals surface area contributed by atoms with Crippen molar-refractivity contribution in [1.82, 2.24) is 10.0 Å². The fraction of sp³-hybridized carbons (Fsp3) is 0.219. The molecule has 2 N–H and O–H groups in total. The van der Waals surface area contributed by atoms with Gasteiger partial charge in [-0.15, -0.1) is 0 Å². The number of carbonyl (C=O) groups excluding carboxylic acids is 1. The van der Waals surface area contributed by atoms with E-state index in [2.05, 4.69) is 72.1 Å². The SMILES string of the molecule is C.C=C/C=C\C(=C/C)CCC(=O)NC(c1ccccc1)C(NSc1ccc(C)cc1)c1ccccc1. The molecule has 0 fully saturated rings.